The van der Waals surface area contributed by atoms with Crippen LogP contribution in [0, 0.1) is 13.8 Å². The van der Waals surface area contributed by atoms with Crippen molar-refractivity contribution in [3.63, 3.8) is 0 Å². The maximum atomic E-state index is 5.48. The molecule has 0 aliphatic rings. The van der Waals surface area contributed by atoms with Crippen molar-refractivity contribution in [3.05, 3.63) is 70.8 Å². The molecule has 0 aromatic heterocycles. The van der Waals surface area contributed by atoms with Crippen LogP contribution < -0.4 is 5.48 Å². The minimum Gasteiger partial charge on any atom is -0.297 e. The predicted molar refractivity (Wildman–Crippen MR) is 74.0 cm³/mol. The first-order valence-corrected chi connectivity index (χ1v) is 6.21. The average Bonchev–Trinajstić information content (AvgIpc) is 2.38. The summed E-state index contributed by atoms with van der Waals surface area (Å²) < 4.78 is 0. The summed E-state index contributed by atoms with van der Waals surface area (Å²) in [6, 6.07) is 16.5. The highest BCUT2D eigenvalue weighted by molar-refractivity contribution is 5.33. The van der Waals surface area contributed by atoms with E-state index in [0.717, 1.165) is 6.54 Å². The molecule has 0 saturated heterocycles. The quantitative estimate of drug-likeness (QED) is 0.638. The third-order valence-electron chi connectivity index (χ3n) is 3.08. The molecule has 0 heterocycles. The zero-order valence-corrected chi connectivity index (χ0v) is 10.9. The van der Waals surface area contributed by atoms with Crippen molar-refractivity contribution in [1.82, 2.24) is 5.48 Å². The van der Waals surface area contributed by atoms with Crippen LogP contribution in [-0.2, 0) is 18.0 Å². The Morgan fingerprint density at radius 3 is 2.22 bits per heavy atom. The lowest BCUT2D eigenvalue weighted by atomic mass is 10.0. The molecule has 0 aliphatic heterocycles. The molecular weight excluding hydrogens is 222 g/mol. The first-order chi connectivity index (χ1) is 8.77. The molecule has 0 atom stereocenters. The van der Waals surface area contributed by atoms with Gasteiger partial charge >= 0.3 is 0 Å². The fraction of sp³-hybridized carbons (Fsp3) is 0.250. The summed E-state index contributed by atoms with van der Waals surface area (Å²) in [6.45, 7) is 5.58. The summed E-state index contributed by atoms with van der Waals surface area (Å²) in [4.78, 5) is 5.48. The van der Waals surface area contributed by atoms with Gasteiger partial charge in [0.1, 0.15) is 0 Å². The van der Waals surface area contributed by atoms with E-state index < -0.39 is 0 Å². The van der Waals surface area contributed by atoms with Gasteiger partial charge in [-0.2, -0.15) is 5.48 Å². The maximum Gasteiger partial charge on any atom is 0.0933 e. The summed E-state index contributed by atoms with van der Waals surface area (Å²) in [5.41, 5.74) is 8.11. The van der Waals surface area contributed by atoms with Crippen molar-refractivity contribution in [2.45, 2.75) is 27.0 Å². The standard InChI is InChI=1S/C16H19NO/c1-13-7-6-8-14(2)16(13)11-17-18-12-15-9-4-3-5-10-15/h3-10,17H,11-12H2,1-2H3. The average molecular weight is 241 g/mol. The Morgan fingerprint density at radius 1 is 0.889 bits per heavy atom. The Morgan fingerprint density at radius 2 is 1.56 bits per heavy atom. The highest BCUT2D eigenvalue weighted by Crippen LogP contribution is 2.12. The highest BCUT2D eigenvalue weighted by Gasteiger charge is 2.01. The lowest BCUT2D eigenvalue weighted by Crippen LogP contribution is -2.15. The fourth-order valence-corrected chi connectivity index (χ4v) is 1.96. The van der Waals surface area contributed by atoms with E-state index in [1.54, 1.807) is 0 Å². The topological polar surface area (TPSA) is 21.3 Å². The number of rotatable bonds is 5. The predicted octanol–water partition coefficient (Wildman–Crippen LogP) is 3.52. The second-order valence-electron chi connectivity index (χ2n) is 4.47. The third-order valence-corrected chi connectivity index (χ3v) is 3.08. The summed E-state index contributed by atoms with van der Waals surface area (Å²) in [6.07, 6.45) is 0. The van der Waals surface area contributed by atoms with Crippen molar-refractivity contribution in [2.75, 3.05) is 0 Å². The number of hydrogen-bond donors (Lipinski definition) is 1. The van der Waals surface area contributed by atoms with E-state index in [0.29, 0.717) is 6.61 Å². The molecule has 0 radical (unpaired) electrons. The van der Waals surface area contributed by atoms with Crippen LogP contribution in [0.15, 0.2) is 48.5 Å². The normalized spacial score (nSPS) is 10.6. The molecule has 2 aromatic rings. The van der Waals surface area contributed by atoms with Crippen LogP contribution in [0.25, 0.3) is 0 Å². The van der Waals surface area contributed by atoms with Crippen molar-refractivity contribution in [3.8, 4) is 0 Å². The van der Waals surface area contributed by atoms with Crippen molar-refractivity contribution in [1.29, 1.82) is 0 Å². The monoisotopic (exact) mass is 241 g/mol. The van der Waals surface area contributed by atoms with Gasteiger partial charge in [0.25, 0.3) is 0 Å². The lowest BCUT2D eigenvalue weighted by Gasteiger charge is -2.11. The van der Waals surface area contributed by atoms with E-state index in [1.807, 2.05) is 18.2 Å². The minimum absolute atomic E-state index is 0.589. The molecule has 0 aliphatic carbocycles. The van der Waals surface area contributed by atoms with Gasteiger partial charge in [-0.1, -0.05) is 48.5 Å². The van der Waals surface area contributed by atoms with Gasteiger partial charge in [-0.3, -0.25) is 4.84 Å². The van der Waals surface area contributed by atoms with Gasteiger partial charge in [-0.05, 0) is 36.1 Å². The van der Waals surface area contributed by atoms with Gasteiger partial charge in [-0.25, -0.2) is 0 Å². The van der Waals surface area contributed by atoms with E-state index in [9.17, 15) is 0 Å². The molecular formula is C16H19NO. The van der Waals surface area contributed by atoms with Crippen molar-refractivity contribution >= 4 is 0 Å². The maximum absolute atomic E-state index is 5.48. The molecule has 1 N–H and O–H groups in total. The van der Waals surface area contributed by atoms with Crippen LogP contribution in [0.5, 0.6) is 0 Å². The van der Waals surface area contributed by atoms with Gasteiger partial charge in [0.2, 0.25) is 0 Å². The number of nitrogens with one attached hydrogen (secondary N) is 1. The van der Waals surface area contributed by atoms with Gasteiger partial charge in [0.15, 0.2) is 0 Å². The molecule has 0 saturated carbocycles. The molecule has 18 heavy (non-hydrogen) atoms. The molecule has 2 heteroatoms. The molecule has 0 bridgehead atoms. The van der Waals surface area contributed by atoms with E-state index in [-0.39, 0.29) is 0 Å². The van der Waals surface area contributed by atoms with E-state index in [2.05, 4.69) is 49.7 Å². The summed E-state index contributed by atoms with van der Waals surface area (Å²) >= 11 is 0. The number of hydroxylamine groups is 1. The van der Waals surface area contributed by atoms with Gasteiger partial charge in [0.05, 0.1) is 6.61 Å². The Hall–Kier alpha value is -1.64. The zero-order chi connectivity index (χ0) is 12.8. The molecule has 2 aromatic carbocycles. The second-order valence-corrected chi connectivity index (χ2v) is 4.47. The SMILES string of the molecule is Cc1cccc(C)c1CNOCc1ccccc1. The number of aryl methyl sites for hydroxylation is 2. The number of benzene rings is 2. The van der Waals surface area contributed by atoms with Crippen LogP contribution in [0.3, 0.4) is 0 Å². The van der Waals surface area contributed by atoms with E-state index in [1.165, 1.54) is 22.3 Å². The Bertz CT molecular complexity index is 473. The molecule has 0 spiro atoms. The first kappa shape index (κ1) is 12.8. The summed E-state index contributed by atoms with van der Waals surface area (Å²) in [7, 11) is 0. The van der Waals surface area contributed by atoms with Gasteiger partial charge in [-0.15, -0.1) is 0 Å². The van der Waals surface area contributed by atoms with Crippen LogP contribution in [0.1, 0.15) is 22.3 Å². The molecule has 2 nitrogen and oxygen atoms in total. The zero-order valence-electron chi connectivity index (χ0n) is 10.9. The van der Waals surface area contributed by atoms with Crippen LogP contribution in [0.4, 0.5) is 0 Å². The smallest absolute Gasteiger partial charge is 0.0933 e. The van der Waals surface area contributed by atoms with Crippen LogP contribution in [-0.4, -0.2) is 0 Å². The van der Waals surface area contributed by atoms with Gasteiger partial charge < -0.3 is 0 Å². The molecule has 0 unspecified atom stereocenters. The first-order valence-electron chi connectivity index (χ1n) is 6.21. The second kappa shape index (κ2) is 6.34. The van der Waals surface area contributed by atoms with Gasteiger partial charge in [0, 0.05) is 6.54 Å². The molecule has 2 rings (SSSR count). The van der Waals surface area contributed by atoms with Crippen molar-refractivity contribution < 1.29 is 4.84 Å². The largest absolute Gasteiger partial charge is 0.297 e. The highest BCUT2D eigenvalue weighted by atomic mass is 16.6. The number of hydrogen-bond acceptors (Lipinski definition) is 2. The van der Waals surface area contributed by atoms with E-state index in [4.69, 9.17) is 4.84 Å². The Labute approximate surface area is 109 Å². The lowest BCUT2D eigenvalue weighted by molar-refractivity contribution is 0.0233. The Kier molecular flexibility index (Phi) is 4.51. The minimum atomic E-state index is 0.589. The van der Waals surface area contributed by atoms with Crippen molar-refractivity contribution in [2.24, 2.45) is 0 Å². The van der Waals surface area contributed by atoms with Crippen LogP contribution >= 0.6 is 0 Å². The summed E-state index contributed by atoms with van der Waals surface area (Å²) in [5.74, 6) is 0. The fourth-order valence-electron chi connectivity index (χ4n) is 1.96. The molecule has 0 fully saturated rings. The summed E-state index contributed by atoms with van der Waals surface area (Å²) in [5, 5.41) is 0. The Balaban J connectivity index is 1.82. The van der Waals surface area contributed by atoms with Crippen LogP contribution in [0.2, 0.25) is 0 Å². The molecule has 94 valence electrons. The van der Waals surface area contributed by atoms with E-state index >= 15 is 0 Å². The molecule has 0 amide bonds. The third kappa shape index (κ3) is 3.42.